The Kier molecular flexibility index (Phi) is 6.71. The van der Waals surface area contributed by atoms with E-state index in [1.165, 1.54) is 18.2 Å². The van der Waals surface area contributed by atoms with Crippen LogP contribution in [0.1, 0.15) is 29.8 Å². The minimum absolute atomic E-state index is 0.0261. The summed E-state index contributed by atoms with van der Waals surface area (Å²) < 4.78 is 27.0. The zero-order valence-corrected chi connectivity index (χ0v) is 15.9. The smallest absolute Gasteiger partial charge is 0.254 e. The van der Waals surface area contributed by atoms with Crippen molar-refractivity contribution in [3.05, 3.63) is 78.4 Å². The average molecular weight is 372 g/mol. The first-order chi connectivity index (χ1) is 12.3. The van der Waals surface area contributed by atoms with Crippen LogP contribution < -0.4 is 4.72 Å². The van der Waals surface area contributed by atoms with E-state index in [9.17, 15) is 13.2 Å². The van der Waals surface area contributed by atoms with Gasteiger partial charge in [-0.15, -0.1) is 6.58 Å². The number of amides is 1. The summed E-state index contributed by atoms with van der Waals surface area (Å²) in [4.78, 5) is 14.8. The molecule has 1 amide bonds. The van der Waals surface area contributed by atoms with Crippen molar-refractivity contribution in [2.24, 2.45) is 0 Å². The monoisotopic (exact) mass is 372 g/mol. The molecule has 0 saturated carbocycles. The quantitative estimate of drug-likeness (QED) is 0.724. The van der Waals surface area contributed by atoms with Crippen molar-refractivity contribution in [2.75, 3.05) is 6.54 Å². The zero-order chi connectivity index (χ0) is 19.2. The molecule has 5 nitrogen and oxygen atoms in total. The third-order valence-corrected chi connectivity index (χ3v) is 5.31. The molecule has 1 N–H and O–H groups in total. The molecule has 138 valence electrons. The summed E-state index contributed by atoms with van der Waals surface area (Å²) in [5.74, 6) is -0.204. The predicted octanol–water partition coefficient (Wildman–Crippen LogP) is 3.20. The average Bonchev–Trinajstić information content (AvgIpc) is 2.64. The predicted molar refractivity (Wildman–Crippen MR) is 103 cm³/mol. The van der Waals surface area contributed by atoms with Crippen molar-refractivity contribution in [3.8, 4) is 0 Å². The lowest BCUT2D eigenvalue weighted by Crippen LogP contribution is -2.36. The Hall–Kier alpha value is -2.44. The number of benzene rings is 2. The minimum Gasteiger partial charge on any atom is -0.332 e. The van der Waals surface area contributed by atoms with Gasteiger partial charge in [0.15, 0.2) is 0 Å². The van der Waals surface area contributed by atoms with Crippen molar-refractivity contribution in [1.29, 1.82) is 0 Å². The molecule has 0 fully saturated rings. The van der Waals surface area contributed by atoms with Gasteiger partial charge in [0.1, 0.15) is 0 Å². The number of hydrogen-bond donors (Lipinski definition) is 1. The molecule has 6 heteroatoms. The highest BCUT2D eigenvalue weighted by atomic mass is 32.2. The van der Waals surface area contributed by atoms with E-state index in [-0.39, 0.29) is 23.4 Å². The van der Waals surface area contributed by atoms with Gasteiger partial charge in [0.2, 0.25) is 10.0 Å². The van der Waals surface area contributed by atoms with Crippen LogP contribution in [-0.2, 0) is 16.6 Å². The van der Waals surface area contributed by atoms with E-state index in [2.05, 4.69) is 11.3 Å². The summed E-state index contributed by atoms with van der Waals surface area (Å²) >= 11 is 0. The largest absolute Gasteiger partial charge is 0.332 e. The first-order valence-electron chi connectivity index (χ1n) is 8.40. The highest BCUT2D eigenvalue weighted by Gasteiger charge is 2.21. The van der Waals surface area contributed by atoms with Crippen LogP contribution in [0.15, 0.2) is 72.1 Å². The van der Waals surface area contributed by atoms with E-state index in [4.69, 9.17) is 0 Å². The van der Waals surface area contributed by atoms with Crippen molar-refractivity contribution < 1.29 is 13.2 Å². The Labute approximate surface area is 155 Å². The number of nitrogens with one attached hydrogen (secondary N) is 1. The van der Waals surface area contributed by atoms with E-state index >= 15 is 0 Å². The normalized spacial score (nSPS) is 11.3. The zero-order valence-electron chi connectivity index (χ0n) is 15.1. The highest BCUT2D eigenvalue weighted by Crippen LogP contribution is 2.17. The van der Waals surface area contributed by atoms with Crippen LogP contribution in [0.4, 0.5) is 0 Å². The molecular weight excluding hydrogens is 348 g/mol. The van der Waals surface area contributed by atoms with Crippen molar-refractivity contribution >= 4 is 15.9 Å². The molecule has 0 aromatic heterocycles. The van der Waals surface area contributed by atoms with Crippen LogP contribution in [0.25, 0.3) is 0 Å². The van der Waals surface area contributed by atoms with Crippen LogP contribution in [0.5, 0.6) is 0 Å². The number of hydrogen-bond acceptors (Lipinski definition) is 3. The first kappa shape index (κ1) is 19.9. The number of sulfonamides is 1. The molecule has 2 rings (SSSR count). The minimum atomic E-state index is -3.68. The Balaban J connectivity index is 2.29. The maximum atomic E-state index is 13.0. The molecule has 0 aliphatic carbocycles. The van der Waals surface area contributed by atoms with Gasteiger partial charge in [0, 0.05) is 24.7 Å². The molecule has 26 heavy (non-hydrogen) atoms. The summed E-state index contributed by atoms with van der Waals surface area (Å²) in [7, 11) is -3.68. The van der Waals surface area contributed by atoms with Crippen molar-refractivity contribution in [2.45, 2.75) is 31.3 Å². The maximum Gasteiger partial charge on any atom is 0.254 e. The van der Waals surface area contributed by atoms with Crippen molar-refractivity contribution in [1.82, 2.24) is 9.62 Å². The first-order valence-corrected chi connectivity index (χ1v) is 9.89. The molecule has 0 aliphatic rings. The summed E-state index contributed by atoms with van der Waals surface area (Å²) in [6.07, 6.45) is 1.47. The van der Waals surface area contributed by atoms with Gasteiger partial charge in [-0.05, 0) is 37.6 Å². The van der Waals surface area contributed by atoms with Crippen LogP contribution in [0.3, 0.4) is 0 Å². The van der Waals surface area contributed by atoms with E-state index in [0.29, 0.717) is 12.1 Å². The summed E-state index contributed by atoms with van der Waals surface area (Å²) in [6, 6.07) is 15.8. The van der Waals surface area contributed by atoms with Gasteiger partial charge >= 0.3 is 0 Å². The molecule has 0 saturated heterocycles. The van der Waals surface area contributed by atoms with Crippen LogP contribution in [0.2, 0.25) is 0 Å². The fourth-order valence-corrected chi connectivity index (χ4v) is 3.53. The third kappa shape index (κ3) is 5.03. The second kappa shape index (κ2) is 8.78. The maximum absolute atomic E-state index is 13.0. The molecular formula is C20H24N2O3S. The SMILES string of the molecule is C=CCNS(=O)(=O)c1cccc(C(=O)N(Cc2ccccc2)C(C)C)c1. The number of nitrogens with zero attached hydrogens (tertiary/aromatic N) is 1. The standard InChI is InChI=1S/C20H24N2O3S/c1-4-13-21-26(24,25)19-12-8-11-18(14-19)20(23)22(16(2)3)15-17-9-6-5-7-10-17/h4-12,14,16,21H,1,13,15H2,2-3H3. The van der Waals surface area contributed by atoms with Gasteiger partial charge in [0.25, 0.3) is 5.91 Å². The van der Waals surface area contributed by atoms with Gasteiger partial charge < -0.3 is 4.90 Å². The van der Waals surface area contributed by atoms with Crippen LogP contribution in [0, 0.1) is 0 Å². The van der Waals surface area contributed by atoms with Gasteiger partial charge in [-0.25, -0.2) is 13.1 Å². The number of rotatable bonds is 8. The molecule has 2 aromatic rings. The molecule has 2 aromatic carbocycles. The van der Waals surface area contributed by atoms with Gasteiger partial charge in [-0.2, -0.15) is 0 Å². The molecule has 0 aliphatic heterocycles. The second-order valence-corrected chi connectivity index (χ2v) is 7.95. The fraction of sp³-hybridized carbons (Fsp3) is 0.250. The molecule has 0 unspecified atom stereocenters. The lowest BCUT2D eigenvalue weighted by atomic mass is 10.1. The highest BCUT2D eigenvalue weighted by molar-refractivity contribution is 7.89. The van der Waals surface area contributed by atoms with E-state index in [1.54, 1.807) is 17.0 Å². The van der Waals surface area contributed by atoms with E-state index in [0.717, 1.165) is 5.56 Å². The Morgan fingerprint density at radius 3 is 2.46 bits per heavy atom. The van der Waals surface area contributed by atoms with Gasteiger partial charge in [-0.1, -0.05) is 42.5 Å². The lowest BCUT2D eigenvalue weighted by Gasteiger charge is -2.27. The molecule has 0 bridgehead atoms. The Bertz CT molecular complexity index is 862. The molecule has 0 radical (unpaired) electrons. The number of carbonyl (C=O) groups is 1. The topological polar surface area (TPSA) is 66.5 Å². The second-order valence-electron chi connectivity index (χ2n) is 6.18. The van der Waals surface area contributed by atoms with E-state index in [1.807, 2.05) is 44.2 Å². The van der Waals surface area contributed by atoms with Crippen molar-refractivity contribution in [3.63, 3.8) is 0 Å². The van der Waals surface area contributed by atoms with Gasteiger partial charge in [0.05, 0.1) is 4.90 Å². The van der Waals surface area contributed by atoms with Crippen LogP contribution in [-0.4, -0.2) is 31.8 Å². The number of carbonyl (C=O) groups excluding carboxylic acids is 1. The summed E-state index contributed by atoms with van der Waals surface area (Å²) in [5, 5.41) is 0. The Morgan fingerprint density at radius 1 is 1.15 bits per heavy atom. The lowest BCUT2D eigenvalue weighted by molar-refractivity contribution is 0.0690. The Morgan fingerprint density at radius 2 is 1.85 bits per heavy atom. The van der Waals surface area contributed by atoms with Gasteiger partial charge in [-0.3, -0.25) is 4.79 Å². The van der Waals surface area contributed by atoms with Crippen LogP contribution >= 0.6 is 0 Å². The molecule has 0 spiro atoms. The third-order valence-electron chi connectivity index (χ3n) is 3.89. The molecule has 0 atom stereocenters. The summed E-state index contributed by atoms with van der Waals surface area (Å²) in [5.41, 5.74) is 1.36. The summed E-state index contributed by atoms with van der Waals surface area (Å²) in [6.45, 7) is 7.97. The fourth-order valence-electron chi connectivity index (χ4n) is 2.48. The van der Waals surface area contributed by atoms with E-state index < -0.39 is 10.0 Å². The molecule has 0 heterocycles.